The van der Waals surface area contributed by atoms with Gasteiger partial charge in [0.25, 0.3) is 5.69 Å². The molecule has 0 bridgehead atoms. The van der Waals surface area contributed by atoms with E-state index in [-0.39, 0.29) is 17.1 Å². The maximum atomic E-state index is 13.0. The first-order chi connectivity index (χ1) is 14.6. The second-order valence-electron chi connectivity index (χ2n) is 6.61. The molecule has 31 heavy (non-hydrogen) atoms. The van der Waals surface area contributed by atoms with Crippen molar-refractivity contribution in [3.63, 3.8) is 0 Å². The molecule has 0 aliphatic rings. The van der Waals surface area contributed by atoms with Crippen molar-refractivity contribution in [2.24, 2.45) is 0 Å². The van der Waals surface area contributed by atoms with Crippen molar-refractivity contribution in [3.05, 3.63) is 58.1 Å². The molecule has 0 saturated carbocycles. The number of nitrogens with zero attached hydrogens (tertiary/aromatic N) is 2. The average molecular weight is 469 g/mol. The van der Waals surface area contributed by atoms with Crippen LogP contribution < -0.4 is 4.74 Å². The number of hydrogen-bond donors (Lipinski definition) is 1. The summed E-state index contributed by atoms with van der Waals surface area (Å²) in [5, 5.41) is 19.5. The molecular formula is C20H24N2O7S2. The van der Waals surface area contributed by atoms with Gasteiger partial charge in [-0.15, -0.1) is 11.8 Å². The topological polar surface area (TPSA) is 127 Å². The number of hydrogen-bond acceptors (Lipinski definition) is 7. The van der Waals surface area contributed by atoms with Gasteiger partial charge >= 0.3 is 5.97 Å². The highest BCUT2D eigenvalue weighted by molar-refractivity contribution is 7.99. The Morgan fingerprint density at radius 1 is 1.19 bits per heavy atom. The molecule has 0 fully saturated rings. The largest absolute Gasteiger partial charge is 0.482 e. The summed E-state index contributed by atoms with van der Waals surface area (Å²) in [5.41, 5.74) is 0.623. The van der Waals surface area contributed by atoms with E-state index in [9.17, 15) is 23.3 Å². The Balaban J connectivity index is 2.04. The van der Waals surface area contributed by atoms with Gasteiger partial charge in [0, 0.05) is 35.9 Å². The lowest BCUT2D eigenvalue weighted by Gasteiger charge is -2.21. The molecule has 168 valence electrons. The van der Waals surface area contributed by atoms with Crippen LogP contribution in [0.25, 0.3) is 0 Å². The lowest BCUT2D eigenvalue weighted by atomic mass is 10.2. The normalized spacial score (nSPS) is 11.5. The predicted molar refractivity (Wildman–Crippen MR) is 117 cm³/mol. The second kappa shape index (κ2) is 11.1. The van der Waals surface area contributed by atoms with Gasteiger partial charge in [-0.2, -0.15) is 4.31 Å². The van der Waals surface area contributed by atoms with Gasteiger partial charge in [0.05, 0.1) is 9.82 Å². The molecule has 0 spiro atoms. The van der Waals surface area contributed by atoms with Crippen molar-refractivity contribution < 1.29 is 28.0 Å². The molecule has 0 unspecified atom stereocenters. The standard InChI is InChI=1S/C20H24N2O7S2/c1-3-10-21(31(27,28)18-7-4-16(5-8-18)22(25)26)11-12-30-17-6-9-19(15(2)13-17)29-14-20(23)24/h4-9,13H,3,10-12,14H2,1-2H3,(H,23,24). The molecular weight excluding hydrogens is 444 g/mol. The number of ether oxygens (including phenoxy) is 1. The smallest absolute Gasteiger partial charge is 0.341 e. The number of sulfonamides is 1. The van der Waals surface area contributed by atoms with Crippen LogP contribution in [0.1, 0.15) is 18.9 Å². The van der Waals surface area contributed by atoms with Crippen LogP contribution in [-0.2, 0) is 14.8 Å². The number of carboxylic acid groups (broad SMARTS) is 1. The van der Waals surface area contributed by atoms with Crippen molar-refractivity contribution in [2.45, 2.75) is 30.1 Å². The maximum absolute atomic E-state index is 13.0. The van der Waals surface area contributed by atoms with E-state index >= 15 is 0 Å². The van der Waals surface area contributed by atoms with E-state index in [4.69, 9.17) is 9.84 Å². The summed E-state index contributed by atoms with van der Waals surface area (Å²) in [6.45, 7) is 3.88. The SMILES string of the molecule is CCCN(CCSc1ccc(OCC(=O)O)c(C)c1)S(=O)(=O)c1ccc([N+](=O)[O-])cc1. The minimum Gasteiger partial charge on any atom is -0.482 e. The summed E-state index contributed by atoms with van der Waals surface area (Å²) in [7, 11) is -3.77. The molecule has 0 radical (unpaired) electrons. The zero-order chi connectivity index (χ0) is 23.0. The van der Waals surface area contributed by atoms with Gasteiger partial charge in [0.1, 0.15) is 5.75 Å². The van der Waals surface area contributed by atoms with Crippen LogP contribution >= 0.6 is 11.8 Å². The van der Waals surface area contributed by atoms with E-state index in [1.807, 2.05) is 19.9 Å². The molecule has 0 atom stereocenters. The van der Waals surface area contributed by atoms with Crippen molar-refractivity contribution in [1.82, 2.24) is 4.31 Å². The predicted octanol–water partition coefficient (Wildman–Crippen LogP) is 3.56. The zero-order valence-electron chi connectivity index (χ0n) is 17.2. The fourth-order valence-electron chi connectivity index (χ4n) is 2.77. The zero-order valence-corrected chi connectivity index (χ0v) is 18.8. The highest BCUT2D eigenvalue weighted by Gasteiger charge is 2.24. The number of thioether (sulfide) groups is 1. The number of aryl methyl sites for hydroxylation is 1. The van der Waals surface area contributed by atoms with Gasteiger partial charge in [-0.1, -0.05) is 6.92 Å². The van der Waals surface area contributed by atoms with E-state index in [1.54, 1.807) is 12.1 Å². The van der Waals surface area contributed by atoms with Crippen molar-refractivity contribution >= 4 is 33.4 Å². The summed E-state index contributed by atoms with van der Waals surface area (Å²) in [5.74, 6) is -0.0655. The third-order valence-corrected chi connectivity index (χ3v) is 7.15. The number of aliphatic carboxylic acids is 1. The number of benzene rings is 2. The minimum absolute atomic E-state index is 0.0207. The number of non-ortho nitro benzene ring substituents is 1. The number of carboxylic acids is 1. The molecule has 9 nitrogen and oxygen atoms in total. The molecule has 0 aliphatic heterocycles. The summed E-state index contributed by atoms with van der Waals surface area (Å²) < 4.78 is 32.5. The molecule has 0 heterocycles. The molecule has 0 saturated heterocycles. The maximum Gasteiger partial charge on any atom is 0.341 e. The second-order valence-corrected chi connectivity index (χ2v) is 9.72. The summed E-state index contributed by atoms with van der Waals surface area (Å²) in [4.78, 5) is 21.8. The Labute approximate surface area is 185 Å². The molecule has 2 aromatic carbocycles. The van der Waals surface area contributed by atoms with Crippen LogP contribution in [0.5, 0.6) is 5.75 Å². The van der Waals surface area contributed by atoms with Crippen LogP contribution in [0.15, 0.2) is 52.3 Å². The van der Waals surface area contributed by atoms with E-state index in [1.165, 1.54) is 40.3 Å². The van der Waals surface area contributed by atoms with Crippen LogP contribution in [0.2, 0.25) is 0 Å². The molecule has 11 heteroatoms. The first-order valence-corrected chi connectivity index (χ1v) is 11.9. The number of carbonyl (C=O) groups is 1. The molecule has 2 rings (SSSR count). The fraction of sp³-hybridized carbons (Fsp3) is 0.350. The summed E-state index contributed by atoms with van der Waals surface area (Å²) >= 11 is 1.47. The third-order valence-electron chi connectivity index (χ3n) is 4.27. The van der Waals surface area contributed by atoms with Gasteiger partial charge in [0.15, 0.2) is 6.61 Å². The van der Waals surface area contributed by atoms with Gasteiger partial charge in [-0.05, 0) is 49.2 Å². The Morgan fingerprint density at radius 2 is 1.87 bits per heavy atom. The van der Waals surface area contributed by atoms with Crippen molar-refractivity contribution in [2.75, 3.05) is 25.4 Å². The van der Waals surface area contributed by atoms with Gasteiger partial charge < -0.3 is 9.84 Å². The van der Waals surface area contributed by atoms with E-state index in [2.05, 4.69) is 0 Å². The first kappa shape index (κ1) is 24.6. The van der Waals surface area contributed by atoms with Gasteiger partial charge in [-0.25, -0.2) is 13.2 Å². The number of nitro groups is 1. The van der Waals surface area contributed by atoms with Crippen LogP contribution in [0.3, 0.4) is 0 Å². The van der Waals surface area contributed by atoms with E-state index in [0.717, 1.165) is 10.5 Å². The van der Waals surface area contributed by atoms with Gasteiger partial charge in [-0.3, -0.25) is 10.1 Å². The average Bonchev–Trinajstić information content (AvgIpc) is 2.72. The quantitative estimate of drug-likeness (QED) is 0.285. The minimum atomic E-state index is -3.77. The third kappa shape index (κ3) is 6.94. The molecule has 0 aromatic heterocycles. The Morgan fingerprint density at radius 3 is 2.42 bits per heavy atom. The molecule has 0 amide bonds. The number of nitro benzene ring substituents is 1. The Hall–Kier alpha value is -2.63. The summed E-state index contributed by atoms with van der Waals surface area (Å²) in [6, 6.07) is 10.2. The molecule has 0 aliphatic carbocycles. The molecule has 2 aromatic rings. The van der Waals surface area contributed by atoms with Crippen LogP contribution in [0.4, 0.5) is 5.69 Å². The summed E-state index contributed by atoms with van der Waals surface area (Å²) in [6.07, 6.45) is 0.631. The van der Waals surface area contributed by atoms with E-state index in [0.29, 0.717) is 24.5 Å². The Kier molecular flexibility index (Phi) is 8.84. The first-order valence-electron chi connectivity index (χ1n) is 9.47. The fourth-order valence-corrected chi connectivity index (χ4v) is 5.39. The highest BCUT2D eigenvalue weighted by Crippen LogP contribution is 2.26. The lowest BCUT2D eigenvalue weighted by Crippen LogP contribution is -2.33. The van der Waals surface area contributed by atoms with Crippen LogP contribution in [0, 0.1) is 17.0 Å². The van der Waals surface area contributed by atoms with Gasteiger partial charge in [0.2, 0.25) is 10.0 Å². The van der Waals surface area contributed by atoms with Crippen LogP contribution in [-0.4, -0.2) is 54.2 Å². The Bertz CT molecular complexity index is 1020. The van der Waals surface area contributed by atoms with Crippen molar-refractivity contribution in [3.8, 4) is 5.75 Å². The highest BCUT2D eigenvalue weighted by atomic mass is 32.2. The lowest BCUT2D eigenvalue weighted by molar-refractivity contribution is -0.384. The van der Waals surface area contributed by atoms with E-state index < -0.39 is 27.5 Å². The number of rotatable bonds is 12. The monoisotopic (exact) mass is 468 g/mol. The van der Waals surface area contributed by atoms with Crippen molar-refractivity contribution in [1.29, 1.82) is 0 Å². The molecule has 1 N–H and O–H groups in total.